The summed E-state index contributed by atoms with van der Waals surface area (Å²) in [5.41, 5.74) is 0.588. The van der Waals surface area contributed by atoms with Gasteiger partial charge in [-0.25, -0.2) is 0 Å². The zero-order chi connectivity index (χ0) is 13.0. The number of carbonyl (C=O) groups is 1. The van der Waals surface area contributed by atoms with Crippen molar-refractivity contribution < 1.29 is 4.79 Å². The lowest BCUT2D eigenvalue weighted by Crippen LogP contribution is -2.39. The van der Waals surface area contributed by atoms with E-state index in [2.05, 4.69) is 5.32 Å². The van der Waals surface area contributed by atoms with Crippen LogP contribution < -0.4 is 5.32 Å². The van der Waals surface area contributed by atoms with Gasteiger partial charge in [0.25, 0.3) is 5.91 Å². The molecule has 1 fully saturated rings. The minimum absolute atomic E-state index is 0.00572. The van der Waals surface area contributed by atoms with Crippen LogP contribution in [0.2, 0.25) is 5.02 Å². The molecule has 2 rings (SSSR count). The molecule has 1 aliphatic heterocycles. The maximum Gasteiger partial charge on any atom is 0.255 e. The van der Waals surface area contributed by atoms with Crippen molar-refractivity contribution in [2.24, 2.45) is 5.92 Å². The fourth-order valence-corrected chi connectivity index (χ4v) is 2.61. The summed E-state index contributed by atoms with van der Waals surface area (Å²) in [5, 5.41) is 3.89. The Morgan fingerprint density at radius 3 is 2.94 bits per heavy atom. The Hall–Kier alpha value is -1.06. The van der Waals surface area contributed by atoms with Crippen LogP contribution in [0.4, 0.5) is 0 Å². The van der Waals surface area contributed by atoms with Gasteiger partial charge in [-0.2, -0.15) is 0 Å². The van der Waals surface area contributed by atoms with Crippen molar-refractivity contribution in [1.29, 1.82) is 0 Å². The van der Waals surface area contributed by atoms with E-state index in [0.29, 0.717) is 16.5 Å². The Labute approximate surface area is 113 Å². The Bertz CT molecular complexity index is 416. The molecule has 1 aromatic rings. The summed E-state index contributed by atoms with van der Waals surface area (Å²) in [6.45, 7) is 2.88. The van der Waals surface area contributed by atoms with E-state index in [1.807, 2.05) is 19.2 Å². The van der Waals surface area contributed by atoms with Crippen molar-refractivity contribution in [2.45, 2.75) is 12.8 Å². The molecular weight excluding hydrogens is 248 g/mol. The highest BCUT2D eigenvalue weighted by Gasteiger charge is 2.20. The fraction of sp³-hybridized carbons (Fsp3) is 0.500. The number of piperidine rings is 1. The second-order valence-corrected chi connectivity index (χ2v) is 5.29. The average Bonchev–Trinajstić information content (AvgIpc) is 2.39. The summed E-state index contributed by atoms with van der Waals surface area (Å²) in [7, 11) is 1.85. The van der Waals surface area contributed by atoms with Crippen LogP contribution in [0.25, 0.3) is 0 Å². The van der Waals surface area contributed by atoms with E-state index in [-0.39, 0.29) is 5.91 Å². The molecule has 0 bridgehead atoms. The van der Waals surface area contributed by atoms with E-state index in [0.717, 1.165) is 19.6 Å². The van der Waals surface area contributed by atoms with Crippen molar-refractivity contribution in [3.63, 3.8) is 0 Å². The average molecular weight is 267 g/mol. The topological polar surface area (TPSA) is 32.3 Å². The maximum atomic E-state index is 12.3. The lowest BCUT2D eigenvalue weighted by Gasteiger charge is -2.27. The predicted octanol–water partition coefficient (Wildman–Crippen LogP) is 2.41. The van der Waals surface area contributed by atoms with Crippen molar-refractivity contribution in [3.05, 3.63) is 34.9 Å². The number of halogens is 1. The van der Waals surface area contributed by atoms with Gasteiger partial charge < -0.3 is 10.2 Å². The van der Waals surface area contributed by atoms with Crippen molar-refractivity contribution in [1.82, 2.24) is 10.2 Å². The van der Waals surface area contributed by atoms with E-state index >= 15 is 0 Å². The first-order valence-electron chi connectivity index (χ1n) is 6.39. The Morgan fingerprint density at radius 2 is 2.28 bits per heavy atom. The Balaban J connectivity index is 1.98. The van der Waals surface area contributed by atoms with Crippen molar-refractivity contribution >= 4 is 17.5 Å². The van der Waals surface area contributed by atoms with Crippen LogP contribution in [-0.4, -0.2) is 37.5 Å². The number of hydrogen-bond donors (Lipinski definition) is 1. The van der Waals surface area contributed by atoms with E-state index in [9.17, 15) is 4.79 Å². The third-order valence-corrected chi connectivity index (χ3v) is 3.71. The van der Waals surface area contributed by atoms with Crippen LogP contribution in [0, 0.1) is 5.92 Å². The molecule has 4 heteroatoms. The van der Waals surface area contributed by atoms with E-state index in [1.165, 1.54) is 12.8 Å². The molecule has 1 saturated heterocycles. The molecule has 0 aliphatic carbocycles. The van der Waals surface area contributed by atoms with Gasteiger partial charge in [0.15, 0.2) is 0 Å². The lowest BCUT2D eigenvalue weighted by atomic mass is 9.99. The highest BCUT2D eigenvalue weighted by molar-refractivity contribution is 6.33. The number of carbonyl (C=O) groups excluding carboxylic acids is 1. The van der Waals surface area contributed by atoms with Gasteiger partial charge in [0.05, 0.1) is 10.6 Å². The molecule has 0 spiro atoms. The Kier molecular flexibility index (Phi) is 4.61. The number of amides is 1. The predicted molar refractivity (Wildman–Crippen MR) is 74.0 cm³/mol. The lowest BCUT2D eigenvalue weighted by molar-refractivity contribution is 0.0765. The third-order valence-electron chi connectivity index (χ3n) is 3.38. The molecule has 1 aromatic carbocycles. The van der Waals surface area contributed by atoms with E-state index < -0.39 is 0 Å². The van der Waals surface area contributed by atoms with Gasteiger partial charge in [-0.15, -0.1) is 0 Å². The first kappa shape index (κ1) is 13.4. The molecule has 0 radical (unpaired) electrons. The zero-order valence-electron chi connectivity index (χ0n) is 10.7. The highest BCUT2D eigenvalue weighted by atomic mass is 35.5. The number of rotatable bonds is 3. The molecule has 0 saturated carbocycles. The van der Waals surface area contributed by atoms with Crippen LogP contribution in [0.3, 0.4) is 0 Å². The number of benzene rings is 1. The molecule has 1 N–H and O–H groups in total. The van der Waals surface area contributed by atoms with Crippen LogP contribution in [0.15, 0.2) is 24.3 Å². The quantitative estimate of drug-likeness (QED) is 0.911. The largest absolute Gasteiger partial charge is 0.341 e. The SMILES string of the molecule is CN(CC1CCCNC1)C(=O)c1ccccc1Cl. The third kappa shape index (κ3) is 3.24. The molecule has 1 atom stereocenters. The summed E-state index contributed by atoms with van der Waals surface area (Å²) < 4.78 is 0. The summed E-state index contributed by atoms with van der Waals surface area (Å²) in [4.78, 5) is 14.0. The summed E-state index contributed by atoms with van der Waals surface area (Å²) in [6.07, 6.45) is 2.38. The second kappa shape index (κ2) is 6.21. The molecule has 3 nitrogen and oxygen atoms in total. The van der Waals surface area contributed by atoms with E-state index in [4.69, 9.17) is 11.6 Å². The van der Waals surface area contributed by atoms with Gasteiger partial charge in [-0.1, -0.05) is 23.7 Å². The number of hydrogen-bond acceptors (Lipinski definition) is 2. The van der Waals surface area contributed by atoms with Crippen molar-refractivity contribution in [2.75, 3.05) is 26.7 Å². The summed E-state index contributed by atoms with van der Waals surface area (Å²) in [6, 6.07) is 7.21. The Morgan fingerprint density at radius 1 is 1.50 bits per heavy atom. The maximum absolute atomic E-state index is 12.3. The van der Waals surface area contributed by atoms with Crippen LogP contribution in [0.5, 0.6) is 0 Å². The molecular formula is C14H19ClN2O. The van der Waals surface area contributed by atoms with Crippen LogP contribution >= 0.6 is 11.6 Å². The van der Waals surface area contributed by atoms with Crippen molar-refractivity contribution in [3.8, 4) is 0 Å². The first-order chi connectivity index (χ1) is 8.68. The van der Waals surface area contributed by atoms with Gasteiger partial charge in [0.1, 0.15) is 0 Å². The monoisotopic (exact) mass is 266 g/mol. The molecule has 98 valence electrons. The van der Waals surface area contributed by atoms with Crippen LogP contribution in [-0.2, 0) is 0 Å². The van der Waals surface area contributed by atoms with Gasteiger partial charge >= 0.3 is 0 Å². The van der Waals surface area contributed by atoms with Gasteiger partial charge in [0, 0.05) is 13.6 Å². The minimum Gasteiger partial charge on any atom is -0.341 e. The second-order valence-electron chi connectivity index (χ2n) is 4.88. The normalized spacial score (nSPS) is 19.6. The first-order valence-corrected chi connectivity index (χ1v) is 6.77. The zero-order valence-corrected chi connectivity index (χ0v) is 11.4. The molecule has 1 aliphatic rings. The van der Waals surface area contributed by atoms with Crippen LogP contribution in [0.1, 0.15) is 23.2 Å². The highest BCUT2D eigenvalue weighted by Crippen LogP contribution is 2.18. The fourth-order valence-electron chi connectivity index (χ4n) is 2.39. The summed E-state index contributed by atoms with van der Waals surface area (Å²) in [5.74, 6) is 0.557. The molecule has 18 heavy (non-hydrogen) atoms. The summed E-state index contributed by atoms with van der Waals surface area (Å²) >= 11 is 6.05. The number of nitrogens with one attached hydrogen (secondary N) is 1. The minimum atomic E-state index is 0.00572. The van der Waals surface area contributed by atoms with Gasteiger partial charge in [0.2, 0.25) is 0 Å². The number of nitrogens with zero attached hydrogens (tertiary/aromatic N) is 1. The molecule has 0 aromatic heterocycles. The molecule has 1 heterocycles. The van der Waals surface area contributed by atoms with Gasteiger partial charge in [-0.3, -0.25) is 4.79 Å². The standard InChI is InChI=1S/C14H19ClN2O/c1-17(10-11-5-4-8-16-9-11)14(18)12-6-2-3-7-13(12)15/h2-3,6-7,11,16H,4-5,8-10H2,1H3. The van der Waals surface area contributed by atoms with Gasteiger partial charge in [-0.05, 0) is 44.0 Å². The molecule has 1 unspecified atom stereocenters. The smallest absolute Gasteiger partial charge is 0.255 e. The molecule has 1 amide bonds. The van der Waals surface area contributed by atoms with E-state index in [1.54, 1.807) is 17.0 Å².